The van der Waals surface area contributed by atoms with Gasteiger partial charge in [0.25, 0.3) is 5.91 Å². The molecule has 3 rings (SSSR count). The largest absolute Gasteiger partial charge is 0.493 e. The summed E-state index contributed by atoms with van der Waals surface area (Å²) in [4.78, 5) is 30.8. The van der Waals surface area contributed by atoms with Crippen LogP contribution in [0.1, 0.15) is 15.9 Å². The normalized spacial score (nSPS) is 10.6. The lowest BCUT2D eigenvalue weighted by Crippen LogP contribution is -2.23. The zero-order valence-corrected chi connectivity index (χ0v) is 14.8. The van der Waals surface area contributed by atoms with Crippen molar-refractivity contribution in [3.63, 3.8) is 0 Å². The fourth-order valence-electron chi connectivity index (χ4n) is 2.55. The van der Waals surface area contributed by atoms with Crippen LogP contribution >= 0.6 is 11.6 Å². The number of carbonyl (C=O) groups is 1. The summed E-state index contributed by atoms with van der Waals surface area (Å²) in [5.41, 5.74) is 0.676. The van der Waals surface area contributed by atoms with Crippen LogP contribution in [-0.2, 0) is 6.54 Å². The van der Waals surface area contributed by atoms with E-state index in [1.165, 1.54) is 13.1 Å². The van der Waals surface area contributed by atoms with Crippen LogP contribution in [0.25, 0.3) is 11.0 Å². The molecule has 0 radical (unpaired) electrons. The van der Waals surface area contributed by atoms with E-state index < -0.39 is 16.7 Å². The van der Waals surface area contributed by atoms with Crippen molar-refractivity contribution in [1.29, 1.82) is 0 Å². The number of carbonyl (C=O) groups excluding carboxylic acids is 1. The summed E-state index contributed by atoms with van der Waals surface area (Å²) in [6.07, 6.45) is 1.04. The number of hydrogen-bond donors (Lipinski definition) is 3. The van der Waals surface area contributed by atoms with E-state index in [4.69, 9.17) is 11.6 Å². The second kappa shape index (κ2) is 7.42. The lowest BCUT2D eigenvalue weighted by atomic mass is 10.1. The number of fused-ring (bicyclic) bond motifs is 1. The van der Waals surface area contributed by atoms with Crippen LogP contribution in [0.2, 0.25) is 5.02 Å². The van der Waals surface area contributed by atoms with Gasteiger partial charge in [-0.15, -0.1) is 0 Å². The van der Waals surface area contributed by atoms with Crippen molar-refractivity contribution in [3.05, 3.63) is 62.8 Å². The Balaban J connectivity index is 1.95. The van der Waals surface area contributed by atoms with Gasteiger partial charge in [0.2, 0.25) is 5.88 Å². The Kier molecular flexibility index (Phi) is 5.04. The number of rotatable bonds is 5. The number of amides is 1. The molecule has 2 aromatic heterocycles. The Morgan fingerprint density at radius 3 is 2.67 bits per heavy atom. The number of benzene rings is 1. The van der Waals surface area contributed by atoms with Crippen LogP contribution in [0.4, 0.5) is 11.4 Å². The standard InChI is InChI=1S/C17H14ClN5O4/c1-19-14-11-6-12(16(24)21-7-9-2-4-10(18)5-3-9)17(25)22-15(11)20-8-13(14)23(26)27/h2-6,8H,7H2,1H3,(H,21,24)(H2,19,20,22,25). The summed E-state index contributed by atoms with van der Waals surface area (Å²) in [6.45, 7) is 0.208. The van der Waals surface area contributed by atoms with E-state index in [1.54, 1.807) is 24.3 Å². The molecule has 0 spiro atoms. The molecule has 0 aliphatic carbocycles. The quantitative estimate of drug-likeness (QED) is 0.453. The highest BCUT2D eigenvalue weighted by Crippen LogP contribution is 2.32. The zero-order chi connectivity index (χ0) is 19.6. The van der Waals surface area contributed by atoms with Crippen molar-refractivity contribution in [3.8, 4) is 5.88 Å². The Hall–Kier alpha value is -3.46. The Morgan fingerprint density at radius 2 is 2.04 bits per heavy atom. The first kappa shape index (κ1) is 18.3. The van der Waals surface area contributed by atoms with Crippen LogP contribution in [-0.4, -0.2) is 33.0 Å². The van der Waals surface area contributed by atoms with E-state index in [2.05, 4.69) is 20.6 Å². The molecule has 1 aromatic carbocycles. The molecule has 138 valence electrons. The number of nitrogens with one attached hydrogen (secondary N) is 2. The number of aromatic nitrogens is 2. The first-order chi connectivity index (χ1) is 12.9. The van der Waals surface area contributed by atoms with Crippen LogP contribution in [0.15, 0.2) is 36.5 Å². The molecule has 0 fully saturated rings. The van der Waals surface area contributed by atoms with Crippen molar-refractivity contribution in [2.24, 2.45) is 0 Å². The van der Waals surface area contributed by atoms with Gasteiger partial charge in [0.15, 0.2) is 5.65 Å². The molecule has 0 atom stereocenters. The third kappa shape index (κ3) is 3.72. The van der Waals surface area contributed by atoms with Crippen molar-refractivity contribution < 1.29 is 14.8 Å². The van der Waals surface area contributed by atoms with Gasteiger partial charge in [0, 0.05) is 18.6 Å². The predicted octanol–water partition coefficient (Wildman–Crippen LogP) is 2.87. The summed E-state index contributed by atoms with van der Waals surface area (Å²) in [7, 11) is 1.51. The molecular formula is C17H14ClN5O4. The van der Waals surface area contributed by atoms with Crippen LogP contribution in [0.5, 0.6) is 5.88 Å². The molecule has 3 N–H and O–H groups in total. The molecule has 3 aromatic rings. The van der Waals surface area contributed by atoms with E-state index in [0.717, 1.165) is 11.8 Å². The third-order valence-electron chi connectivity index (χ3n) is 3.87. The van der Waals surface area contributed by atoms with Gasteiger partial charge in [-0.05, 0) is 23.8 Å². The number of nitrogens with zero attached hydrogens (tertiary/aromatic N) is 3. The molecule has 0 aliphatic rings. The van der Waals surface area contributed by atoms with E-state index in [-0.39, 0.29) is 34.5 Å². The van der Waals surface area contributed by atoms with Gasteiger partial charge >= 0.3 is 5.69 Å². The Bertz CT molecular complexity index is 1040. The zero-order valence-electron chi connectivity index (χ0n) is 14.1. The van der Waals surface area contributed by atoms with Crippen molar-refractivity contribution >= 4 is 39.9 Å². The maximum Gasteiger partial charge on any atom is 0.311 e. The van der Waals surface area contributed by atoms with Gasteiger partial charge in [-0.1, -0.05) is 23.7 Å². The van der Waals surface area contributed by atoms with Crippen LogP contribution in [0, 0.1) is 10.1 Å². The molecule has 0 bridgehead atoms. The molecule has 0 unspecified atom stereocenters. The molecule has 0 saturated heterocycles. The predicted molar refractivity (Wildman–Crippen MR) is 100 cm³/mol. The summed E-state index contributed by atoms with van der Waals surface area (Å²) in [6, 6.07) is 8.23. The SMILES string of the molecule is CNc1c([N+](=O)[O-])cnc2nc(O)c(C(=O)NCc3ccc(Cl)cc3)cc12. The average Bonchev–Trinajstić information content (AvgIpc) is 2.65. The van der Waals surface area contributed by atoms with Crippen LogP contribution < -0.4 is 10.6 Å². The van der Waals surface area contributed by atoms with Gasteiger partial charge in [-0.25, -0.2) is 4.98 Å². The van der Waals surface area contributed by atoms with E-state index in [1.807, 2.05) is 0 Å². The van der Waals surface area contributed by atoms with Gasteiger partial charge in [-0.2, -0.15) is 4.98 Å². The van der Waals surface area contributed by atoms with E-state index in [0.29, 0.717) is 5.02 Å². The highest BCUT2D eigenvalue weighted by atomic mass is 35.5. The van der Waals surface area contributed by atoms with Crippen LogP contribution in [0.3, 0.4) is 0 Å². The topological polar surface area (TPSA) is 130 Å². The van der Waals surface area contributed by atoms with E-state index >= 15 is 0 Å². The minimum absolute atomic E-state index is 0.0803. The smallest absolute Gasteiger partial charge is 0.311 e. The molecule has 0 saturated carbocycles. The van der Waals surface area contributed by atoms with Gasteiger partial charge in [0.05, 0.1) is 10.3 Å². The number of nitro groups is 1. The fraction of sp³-hybridized carbons (Fsp3) is 0.118. The monoisotopic (exact) mass is 387 g/mol. The first-order valence-electron chi connectivity index (χ1n) is 7.78. The third-order valence-corrected chi connectivity index (χ3v) is 4.13. The average molecular weight is 388 g/mol. The number of pyridine rings is 2. The highest BCUT2D eigenvalue weighted by Gasteiger charge is 2.21. The van der Waals surface area contributed by atoms with Crippen molar-refractivity contribution in [1.82, 2.24) is 15.3 Å². The second-order valence-electron chi connectivity index (χ2n) is 5.57. The van der Waals surface area contributed by atoms with Gasteiger partial charge in [0.1, 0.15) is 17.4 Å². The Labute approximate surface area is 158 Å². The summed E-state index contributed by atoms with van der Waals surface area (Å²) >= 11 is 5.82. The van der Waals surface area contributed by atoms with Crippen molar-refractivity contribution in [2.75, 3.05) is 12.4 Å². The molecule has 0 aliphatic heterocycles. The minimum Gasteiger partial charge on any atom is -0.493 e. The number of hydrogen-bond acceptors (Lipinski definition) is 7. The fourth-order valence-corrected chi connectivity index (χ4v) is 2.68. The molecular weight excluding hydrogens is 374 g/mol. The molecule has 2 heterocycles. The molecule has 9 nitrogen and oxygen atoms in total. The second-order valence-corrected chi connectivity index (χ2v) is 6.00. The van der Waals surface area contributed by atoms with Gasteiger partial charge in [-0.3, -0.25) is 14.9 Å². The summed E-state index contributed by atoms with van der Waals surface area (Å²) in [5.74, 6) is -1.09. The molecule has 27 heavy (non-hydrogen) atoms. The van der Waals surface area contributed by atoms with E-state index in [9.17, 15) is 20.0 Å². The maximum atomic E-state index is 12.5. The first-order valence-corrected chi connectivity index (χ1v) is 8.16. The highest BCUT2D eigenvalue weighted by molar-refractivity contribution is 6.30. The maximum absolute atomic E-state index is 12.5. The number of halogens is 1. The van der Waals surface area contributed by atoms with Gasteiger partial charge < -0.3 is 15.7 Å². The minimum atomic E-state index is -0.592. The molecule has 1 amide bonds. The number of aromatic hydroxyl groups is 1. The van der Waals surface area contributed by atoms with Crippen molar-refractivity contribution in [2.45, 2.75) is 6.54 Å². The Morgan fingerprint density at radius 1 is 1.33 bits per heavy atom. The lowest BCUT2D eigenvalue weighted by Gasteiger charge is -2.10. The summed E-state index contributed by atoms with van der Waals surface area (Å²) in [5, 5.41) is 27.4. The summed E-state index contributed by atoms with van der Waals surface area (Å²) < 4.78 is 0. The molecule has 10 heteroatoms. The number of anilines is 1. The lowest BCUT2D eigenvalue weighted by molar-refractivity contribution is -0.384.